The summed E-state index contributed by atoms with van der Waals surface area (Å²) in [7, 11) is 1.70. The highest BCUT2D eigenvalue weighted by molar-refractivity contribution is 5.94. The van der Waals surface area contributed by atoms with E-state index < -0.39 is 41.3 Å². The van der Waals surface area contributed by atoms with Crippen LogP contribution in [-0.4, -0.2) is 226 Å². The number of fused-ring (bicyclic) bond motifs is 2. The lowest BCUT2D eigenvalue weighted by Crippen LogP contribution is -2.66. The van der Waals surface area contributed by atoms with Gasteiger partial charge in [-0.25, -0.2) is 18.7 Å². The van der Waals surface area contributed by atoms with Crippen LogP contribution >= 0.6 is 0 Å². The van der Waals surface area contributed by atoms with E-state index in [2.05, 4.69) is 92.0 Å². The summed E-state index contributed by atoms with van der Waals surface area (Å²) in [5, 5.41) is 24.8. The van der Waals surface area contributed by atoms with Crippen molar-refractivity contribution in [2.24, 2.45) is 23.2 Å². The lowest BCUT2D eigenvalue weighted by molar-refractivity contribution is -0.143. The SMILES string of the molecule is CN[C@@H](C)C(=O)N[C@H](C(=O)N1C[C@@H](NC(=O)CCC(=O)NCCOCCN2C[C@@H]3CN(CCC(=O)NCCCNc4cc(N5CCC6(CC5)CN(c5cc(F)c(CN7CCC(C)(C)CC7)cc5F)CC(=O)N6)ncn4)C[C@@H]3C2)C[C@H]1C(=O)NC1CCCc2ccccc21)C1CCCCC1. The number of aromatic nitrogens is 2. The molecule has 7 fully saturated rings. The van der Waals surface area contributed by atoms with E-state index in [0.717, 1.165) is 121 Å². The zero-order valence-corrected chi connectivity index (χ0v) is 58.8. The van der Waals surface area contributed by atoms with Gasteiger partial charge in [0.1, 0.15) is 41.7 Å². The van der Waals surface area contributed by atoms with Crippen LogP contribution in [0.3, 0.4) is 0 Å². The molecule has 99 heavy (non-hydrogen) atoms. The molecule has 1 spiro atoms. The number of amides is 7. The van der Waals surface area contributed by atoms with Crippen LogP contribution < -0.4 is 52.3 Å². The van der Waals surface area contributed by atoms with E-state index in [1.54, 1.807) is 23.8 Å². The van der Waals surface area contributed by atoms with Crippen molar-refractivity contribution in [2.75, 3.05) is 140 Å². The van der Waals surface area contributed by atoms with Crippen molar-refractivity contribution in [2.45, 2.75) is 172 Å². The summed E-state index contributed by atoms with van der Waals surface area (Å²) < 4.78 is 37.2. The van der Waals surface area contributed by atoms with Gasteiger partial charge >= 0.3 is 0 Å². The van der Waals surface area contributed by atoms with Gasteiger partial charge in [0.25, 0.3) is 0 Å². The molecule has 8 aliphatic rings. The Morgan fingerprint density at radius 2 is 1.45 bits per heavy atom. The highest BCUT2D eigenvalue weighted by Gasteiger charge is 2.47. The maximum Gasteiger partial charge on any atom is 0.246 e. The van der Waals surface area contributed by atoms with Crippen molar-refractivity contribution >= 4 is 58.7 Å². The summed E-state index contributed by atoms with van der Waals surface area (Å²) >= 11 is 0. The molecule has 6 aliphatic heterocycles. The minimum Gasteiger partial charge on any atom is -0.378 e. The van der Waals surface area contributed by atoms with Gasteiger partial charge in [-0.05, 0) is 138 Å². The number of likely N-dealkylation sites (N-methyl/N-ethyl adjacent to an activating group) is 1. The molecule has 24 nitrogen and oxygen atoms in total. The molecule has 2 aromatic carbocycles. The molecule has 0 bridgehead atoms. The Balaban J connectivity index is 0.528. The third kappa shape index (κ3) is 19.7. The maximum atomic E-state index is 15.8. The first-order valence-electron chi connectivity index (χ1n) is 36.8. The number of piperidine rings is 2. The first kappa shape index (κ1) is 73.1. The number of nitrogens with one attached hydrogen (secondary N) is 8. The van der Waals surface area contributed by atoms with Crippen molar-refractivity contribution in [1.82, 2.24) is 66.8 Å². The van der Waals surface area contributed by atoms with Gasteiger partial charge in [0.15, 0.2) is 0 Å². The van der Waals surface area contributed by atoms with Crippen LogP contribution in [0.15, 0.2) is 48.8 Å². The third-order valence-corrected chi connectivity index (χ3v) is 22.4. The molecular weight excluding hydrogens is 1270 g/mol. The quantitative estimate of drug-likeness (QED) is 0.0448. The number of nitrogens with zero attached hydrogens (tertiary/aromatic N) is 8. The summed E-state index contributed by atoms with van der Waals surface area (Å²) in [5.41, 5.74) is 2.41. The van der Waals surface area contributed by atoms with Gasteiger partial charge in [-0.1, -0.05) is 57.4 Å². The number of hydrogen-bond donors (Lipinski definition) is 8. The molecule has 3 aromatic rings. The molecule has 26 heteroatoms. The van der Waals surface area contributed by atoms with E-state index in [1.807, 2.05) is 24.3 Å². The second-order valence-electron chi connectivity index (χ2n) is 30.2. The Morgan fingerprint density at radius 3 is 2.21 bits per heavy atom. The number of halogens is 2. The number of anilines is 3. The minimum absolute atomic E-state index is 0.0283. The molecule has 7 atom stereocenters. The molecule has 1 unspecified atom stereocenters. The third-order valence-electron chi connectivity index (χ3n) is 22.4. The predicted molar refractivity (Wildman–Crippen MR) is 374 cm³/mol. The minimum atomic E-state index is -0.858. The van der Waals surface area contributed by atoms with Gasteiger partial charge < -0.3 is 71.8 Å². The fourth-order valence-corrected chi connectivity index (χ4v) is 16.3. The van der Waals surface area contributed by atoms with Crippen molar-refractivity contribution in [1.29, 1.82) is 0 Å². The van der Waals surface area contributed by atoms with Gasteiger partial charge in [-0.2, -0.15) is 0 Å². The highest BCUT2D eigenvalue weighted by atomic mass is 19.1. The van der Waals surface area contributed by atoms with E-state index in [-0.39, 0.29) is 96.8 Å². The fourth-order valence-electron chi connectivity index (χ4n) is 16.3. The lowest BCUT2D eigenvalue weighted by Gasteiger charge is -2.48. The molecule has 8 N–H and O–H groups in total. The van der Waals surface area contributed by atoms with Gasteiger partial charge in [-0.15, -0.1) is 0 Å². The number of rotatable bonds is 29. The zero-order chi connectivity index (χ0) is 69.6. The molecule has 7 amide bonds. The van der Waals surface area contributed by atoms with Crippen LogP contribution in [0.1, 0.15) is 146 Å². The van der Waals surface area contributed by atoms with E-state index in [9.17, 15) is 33.6 Å². The van der Waals surface area contributed by atoms with Gasteiger partial charge in [0, 0.05) is 135 Å². The van der Waals surface area contributed by atoms with Crippen molar-refractivity contribution in [3.8, 4) is 0 Å². The first-order valence-corrected chi connectivity index (χ1v) is 36.8. The average Bonchev–Trinajstić information content (AvgIpc) is 0.995. The van der Waals surface area contributed by atoms with Crippen molar-refractivity contribution in [3.05, 3.63) is 77.1 Å². The Morgan fingerprint density at radius 1 is 0.737 bits per heavy atom. The summed E-state index contributed by atoms with van der Waals surface area (Å²) in [6.45, 7) is 17.6. The van der Waals surface area contributed by atoms with E-state index >= 15 is 8.78 Å². The van der Waals surface area contributed by atoms with E-state index in [1.165, 1.54) is 24.0 Å². The smallest absolute Gasteiger partial charge is 0.246 e. The van der Waals surface area contributed by atoms with Crippen molar-refractivity contribution < 1.29 is 47.1 Å². The topological polar surface area (TPSA) is 270 Å². The second kappa shape index (κ2) is 34.0. The standard InChI is InChI=1S/C73H108F2N16O8/c1-49(76-4)69(96)84-68(51-13-6-5-7-14-51)71(98)91-45-55(37-61(91)70(97)83-59-17-10-15-50-12-8-9-16-56(50)59)82-66(94)19-18-64(92)79-27-34-99-35-33-88-43-53-41-87(42-54(53)44-88)28-20-65(93)78-26-11-25-77-62-39-63(81-48-80-62)89-31-23-73(24-32-89)47-90(46-67(95)85-73)60-38-57(74)52(36-58(60)75)40-86-29-21-72(2,3)22-30-86/h8-9,12,16,36,38-39,48-49,51,53-55,59,61,68,76H,5-7,10-11,13-15,17-35,37,40-47H2,1-4H3,(H,78,93)(H,79,92)(H,82,94)(H,83,97)(H,84,96)(H,85,95)(H,77,80,81)/t49-,53-,54+,55-,59?,61-,68-/m0/s1. The average molecular weight is 1380 g/mol. The van der Waals surface area contributed by atoms with Crippen LogP contribution in [-0.2, 0) is 51.3 Å². The molecule has 7 heterocycles. The molecule has 542 valence electrons. The van der Waals surface area contributed by atoms with Crippen LogP contribution in [0.4, 0.5) is 26.1 Å². The summed E-state index contributed by atoms with van der Waals surface area (Å²) in [4.78, 5) is 116. The van der Waals surface area contributed by atoms with Gasteiger partial charge in [0.05, 0.1) is 43.1 Å². The largest absolute Gasteiger partial charge is 0.378 e. The van der Waals surface area contributed by atoms with E-state index in [0.29, 0.717) is 114 Å². The second-order valence-corrected chi connectivity index (χ2v) is 30.2. The highest BCUT2D eigenvalue weighted by Crippen LogP contribution is 2.37. The molecule has 0 radical (unpaired) electrons. The Kier molecular flexibility index (Phi) is 25.1. The predicted octanol–water partition coefficient (Wildman–Crippen LogP) is 4.39. The molecule has 6 saturated heterocycles. The number of hydrogen-bond acceptors (Lipinski definition) is 17. The van der Waals surface area contributed by atoms with Gasteiger partial charge in [-0.3, -0.25) is 38.5 Å². The number of carbonyl (C=O) groups is 7. The molecule has 1 saturated carbocycles. The van der Waals surface area contributed by atoms with Crippen LogP contribution in [0.5, 0.6) is 0 Å². The number of piperazine rings is 1. The van der Waals surface area contributed by atoms with Crippen LogP contribution in [0, 0.1) is 34.8 Å². The lowest BCUT2D eigenvalue weighted by atomic mass is 9.82. The normalized spacial score (nSPS) is 24.0. The summed E-state index contributed by atoms with van der Waals surface area (Å²) in [6, 6.07) is 9.69. The number of carbonyl (C=O) groups excluding carboxylic acids is 7. The number of benzene rings is 2. The monoisotopic (exact) mass is 1370 g/mol. The number of aryl methyl sites for hydroxylation is 1. The van der Waals surface area contributed by atoms with Crippen molar-refractivity contribution in [3.63, 3.8) is 0 Å². The Labute approximate surface area is 582 Å². The van der Waals surface area contributed by atoms with Crippen LogP contribution in [0.25, 0.3) is 0 Å². The number of ether oxygens (including phenoxy) is 1. The molecule has 11 rings (SSSR count). The van der Waals surface area contributed by atoms with Crippen LogP contribution in [0.2, 0.25) is 0 Å². The Bertz CT molecular complexity index is 3270. The molecular formula is C73H108F2N16O8. The zero-order valence-electron chi connectivity index (χ0n) is 58.8. The fraction of sp³-hybridized carbons (Fsp3) is 0.685. The van der Waals surface area contributed by atoms with E-state index in [4.69, 9.17) is 4.74 Å². The first-order chi connectivity index (χ1) is 47.8. The molecule has 1 aromatic heterocycles. The summed E-state index contributed by atoms with van der Waals surface area (Å²) in [5.74, 6) is -0.188. The molecule has 2 aliphatic carbocycles. The number of likely N-dealkylation sites (tertiary alicyclic amines) is 4. The summed E-state index contributed by atoms with van der Waals surface area (Å²) in [6.07, 6.45) is 13.2. The Hall–Kier alpha value is -7.13. The maximum absolute atomic E-state index is 15.8. The van der Waals surface area contributed by atoms with Gasteiger partial charge in [0.2, 0.25) is 41.4 Å².